The van der Waals surface area contributed by atoms with E-state index in [-0.39, 0.29) is 6.61 Å². The highest BCUT2D eigenvalue weighted by Crippen LogP contribution is 2.49. The monoisotopic (exact) mass is 436 g/mol. The molecule has 4 N–H and O–H groups in total. The minimum absolute atomic E-state index is 0.171. The molecule has 162 valence electrons. The minimum Gasteiger partial charge on any atom is -0.494 e. The number of rotatable bonds is 6. The van der Waals surface area contributed by atoms with E-state index in [2.05, 4.69) is 0 Å². The first-order valence-corrected chi connectivity index (χ1v) is 10.2. The van der Waals surface area contributed by atoms with Crippen molar-refractivity contribution in [1.82, 2.24) is 0 Å². The van der Waals surface area contributed by atoms with Gasteiger partial charge in [-0.1, -0.05) is 29.8 Å². The van der Waals surface area contributed by atoms with Gasteiger partial charge in [0.05, 0.1) is 19.8 Å². The van der Waals surface area contributed by atoms with Gasteiger partial charge in [0.1, 0.15) is 29.7 Å². The molecule has 2 aromatic rings. The summed E-state index contributed by atoms with van der Waals surface area (Å²) in [4.78, 5) is 0. The zero-order valence-corrected chi connectivity index (χ0v) is 17.2. The minimum atomic E-state index is -1.71. The molecule has 0 amide bonds. The lowest BCUT2D eigenvalue weighted by atomic mass is 9.83. The molecule has 0 aromatic heterocycles. The molecule has 2 heterocycles. The standard InChI is InChI=1S/C22H25ClO7/c1-2-28-16-6-3-13(4-7-16)9-14-10-15(5-8-17(14)23)22-20(27)18(25)19(26)21(11-24,30-22)12-29-22/h3-8,10,18-20,24-27H,2,9,11-12H2,1H3/t18-,19-,20?,21-,22-/m0/s1. The molecule has 0 spiro atoms. The first-order valence-electron chi connectivity index (χ1n) is 9.85. The number of ether oxygens (including phenoxy) is 3. The topological polar surface area (TPSA) is 109 Å². The van der Waals surface area contributed by atoms with E-state index < -0.39 is 36.3 Å². The Hall–Kier alpha value is -1.71. The number of aliphatic hydroxyl groups is 4. The molecule has 30 heavy (non-hydrogen) atoms. The third-order valence-electron chi connectivity index (χ3n) is 5.81. The van der Waals surface area contributed by atoms with Crippen molar-refractivity contribution in [2.75, 3.05) is 19.8 Å². The van der Waals surface area contributed by atoms with E-state index in [0.717, 1.165) is 16.9 Å². The van der Waals surface area contributed by atoms with Gasteiger partial charge in [0.15, 0.2) is 0 Å². The summed E-state index contributed by atoms with van der Waals surface area (Å²) in [7, 11) is 0. The molecule has 0 saturated carbocycles. The van der Waals surface area contributed by atoms with Crippen LogP contribution in [0.1, 0.15) is 23.6 Å². The maximum absolute atomic E-state index is 10.7. The summed E-state index contributed by atoms with van der Waals surface area (Å²) >= 11 is 6.41. The molecule has 1 unspecified atom stereocenters. The molecular weight excluding hydrogens is 412 g/mol. The highest BCUT2D eigenvalue weighted by Gasteiger charge is 2.67. The van der Waals surface area contributed by atoms with Gasteiger partial charge < -0.3 is 34.6 Å². The fourth-order valence-corrected chi connectivity index (χ4v) is 4.28. The third kappa shape index (κ3) is 3.40. The number of fused-ring (bicyclic) bond motifs is 2. The molecule has 7 nitrogen and oxygen atoms in total. The van der Waals surface area contributed by atoms with E-state index in [1.165, 1.54) is 0 Å². The van der Waals surface area contributed by atoms with Crippen LogP contribution in [0.4, 0.5) is 0 Å². The average Bonchev–Trinajstić information content (AvgIpc) is 3.14. The lowest BCUT2D eigenvalue weighted by Crippen LogP contribution is -2.65. The quantitative estimate of drug-likeness (QED) is 0.541. The largest absolute Gasteiger partial charge is 0.494 e. The van der Waals surface area contributed by atoms with Crippen LogP contribution in [0, 0.1) is 0 Å². The normalized spacial score (nSPS) is 32.9. The molecular formula is C22H25ClO7. The zero-order valence-electron chi connectivity index (χ0n) is 16.5. The highest BCUT2D eigenvalue weighted by atomic mass is 35.5. The lowest BCUT2D eigenvalue weighted by molar-refractivity contribution is -0.329. The summed E-state index contributed by atoms with van der Waals surface area (Å²) in [5.41, 5.74) is 0.719. The highest BCUT2D eigenvalue weighted by molar-refractivity contribution is 6.31. The van der Waals surface area contributed by atoms with E-state index in [0.29, 0.717) is 23.6 Å². The summed E-state index contributed by atoms with van der Waals surface area (Å²) in [6, 6.07) is 12.7. The molecule has 2 saturated heterocycles. The Morgan fingerprint density at radius 1 is 1.10 bits per heavy atom. The summed E-state index contributed by atoms with van der Waals surface area (Å²) < 4.78 is 17.1. The van der Waals surface area contributed by atoms with Gasteiger partial charge in [0.25, 0.3) is 0 Å². The first kappa shape index (κ1) is 21.5. The number of halogens is 1. The summed E-state index contributed by atoms with van der Waals surface area (Å²) in [5.74, 6) is -0.925. The predicted molar refractivity (Wildman–Crippen MR) is 108 cm³/mol. The molecule has 0 aliphatic carbocycles. The van der Waals surface area contributed by atoms with Crippen LogP contribution < -0.4 is 4.74 Å². The van der Waals surface area contributed by atoms with Crippen molar-refractivity contribution in [3.63, 3.8) is 0 Å². The van der Waals surface area contributed by atoms with Crippen molar-refractivity contribution in [3.05, 3.63) is 64.2 Å². The van der Waals surface area contributed by atoms with Crippen molar-refractivity contribution in [2.24, 2.45) is 0 Å². The summed E-state index contributed by atoms with van der Waals surface area (Å²) in [6.07, 6.45) is -4.06. The molecule has 5 atom stereocenters. The number of aliphatic hydroxyl groups excluding tert-OH is 4. The Morgan fingerprint density at radius 2 is 1.83 bits per heavy atom. The van der Waals surface area contributed by atoms with E-state index in [1.807, 2.05) is 31.2 Å². The second kappa shape index (κ2) is 8.09. The van der Waals surface area contributed by atoms with E-state index in [9.17, 15) is 20.4 Å². The van der Waals surface area contributed by atoms with Crippen molar-refractivity contribution < 1.29 is 34.6 Å². The smallest absolute Gasteiger partial charge is 0.225 e. The van der Waals surface area contributed by atoms with Crippen LogP contribution in [0.25, 0.3) is 0 Å². The molecule has 2 aromatic carbocycles. The maximum Gasteiger partial charge on any atom is 0.225 e. The number of hydrogen-bond acceptors (Lipinski definition) is 7. The fraction of sp³-hybridized carbons (Fsp3) is 0.455. The van der Waals surface area contributed by atoms with Crippen LogP contribution in [0.3, 0.4) is 0 Å². The Balaban J connectivity index is 1.66. The SMILES string of the molecule is CCOc1ccc(Cc2cc([C@]34OC[C@](CO)(O3)[C@@H](O)[C@H](O)C4O)ccc2Cl)cc1. The molecule has 4 rings (SSSR count). The Morgan fingerprint density at radius 3 is 2.50 bits per heavy atom. The van der Waals surface area contributed by atoms with Gasteiger partial charge in [-0.3, -0.25) is 0 Å². The van der Waals surface area contributed by atoms with E-state index >= 15 is 0 Å². The molecule has 2 fully saturated rings. The molecule has 0 radical (unpaired) electrons. The van der Waals surface area contributed by atoms with Crippen LogP contribution >= 0.6 is 11.6 Å². The van der Waals surface area contributed by atoms with Gasteiger partial charge in [-0.25, -0.2) is 0 Å². The number of hydrogen-bond donors (Lipinski definition) is 4. The van der Waals surface area contributed by atoms with Gasteiger partial charge >= 0.3 is 0 Å². The van der Waals surface area contributed by atoms with Crippen LogP contribution in [0.5, 0.6) is 5.75 Å². The van der Waals surface area contributed by atoms with Gasteiger partial charge in [0, 0.05) is 10.6 Å². The Labute approximate surface area is 179 Å². The van der Waals surface area contributed by atoms with Gasteiger partial charge in [-0.2, -0.15) is 0 Å². The summed E-state index contributed by atoms with van der Waals surface area (Å²) in [5, 5.41) is 41.7. The van der Waals surface area contributed by atoms with Crippen molar-refractivity contribution in [3.8, 4) is 5.75 Å². The van der Waals surface area contributed by atoms with Crippen molar-refractivity contribution >= 4 is 11.6 Å². The molecule has 2 bridgehead atoms. The Kier molecular flexibility index (Phi) is 5.80. The lowest BCUT2D eigenvalue weighted by Gasteiger charge is -2.46. The average molecular weight is 437 g/mol. The third-order valence-corrected chi connectivity index (χ3v) is 6.17. The molecule has 8 heteroatoms. The van der Waals surface area contributed by atoms with Crippen molar-refractivity contribution in [1.29, 1.82) is 0 Å². The number of benzene rings is 2. The van der Waals surface area contributed by atoms with Crippen LogP contribution in [0.15, 0.2) is 42.5 Å². The summed E-state index contributed by atoms with van der Waals surface area (Å²) in [6.45, 7) is 1.78. The van der Waals surface area contributed by atoms with Gasteiger partial charge in [-0.15, -0.1) is 0 Å². The maximum atomic E-state index is 10.7. The first-order chi connectivity index (χ1) is 14.3. The second-order valence-electron chi connectivity index (χ2n) is 7.72. The Bertz CT molecular complexity index is 905. The van der Waals surface area contributed by atoms with Crippen LogP contribution in [-0.2, 0) is 21.7 Å². The predicted octanol–water partition coefficient (Wildman–Crippen LogP) is 1.36. The van der Waals surface area contributed by atoms with Crippen LogP contribution in [-0.4, -0.2) is 64.2 Å². The molecule has 2 aliphatic rings. The second-order valence-corrected chi connectivity index (χ2v) is 8.13. The van der Waals surface area contributed by atoms with Gasteiger partial charge in [-0.05, 0) is 48.7 Å². The van der Waals surface area contributed by atoms with E-state index in [1.54, 1.807) is 18.2 Å². The fourth-order valence-electron chi connectivity index (χ4n) is 4.09. The van der Waals surface area contributed by atoms with Crippen LogP contribution in [0.2, 0.25) is 5.02 Å². The zero-order chi connectivity index (χ0) is 21.5. The molecule has 2 aliphatic heterocycles. The van der Waals surface area contributed by atoms with Crippen molar-refractivity contribution in [2.45, 2.75) is 43.0 Å². The van der Waals surface area contributed by atoms with Gasteiger partial charge in [0.2, 0.25) is 5.79 Å². The van der Waals surface area contributed by atoms with E-state index in [4.69, 9.17) is 25.8 Å².